The Bertz CT molecular complexity index is 1000. The van der Waals surface area contributed by atoms with Crippen molar-refractivity contribution in [3.05, 3.63) is 83.1 Å². The molecule has 142 valence electrons. The Hall–Kier alpha value is -2.82. The van der Waals surface area contributed by atoms with Crippen molar-refractivity contribution in [1.29, 1.82) is 0 Å². The predicted molar refractivity (Wildman–Crippen MR) is 112 cm³/mol. The van der Waals surface area contributed by atoms with Crippen LogP contribution in [0.5, 0.6) is 0 Å². The minimum atomic E-state index is -0.0641. The number of rotatable bonds is 5. The van der Waals surface area contributed by atoms with Gasteiger partial charge in [-0.25, -0.2) is 0 Å². The highest BCUT2D eigenvalue weighted by Crippen LogP contribution is 2.29. The summed E-state index contributed by atoms with van der Waals surface area (Å²) in [6.07, 6.45) is 3.22. The van der Waals surface area contributed by atoms with Crippen molar-refractivity contribution in [2.24, 2.45) is 0 Å². The number of ether oxygens (including phenoxy) is 1. The van der Waals surface area contributed by atoms with E-state index in [1.165, 1.54) is 6.08 Å². The third kappa shape index (κ3) is 4.19. The molecule has 1 saturated heterocycles. The van der Waals surface area contributed by atoms with Gasteiger partial charge in [0.15, 0.2) is 5.78 Å². The van der Waals surface area contributed by atoms with E-state index in [9.17, 15) is 4.79 Å². The first-order chi connectivity index (χ1) is 13.7. The van der Waals surface area contributed by atoms with Gasteiger partial charge in [-0.2, -0.15) is 0 Å². The average Bonchev–Trinajstić information content (AvgIpc) is 3.22. The van der Waals surface area contributed by atoms with E-state index in [1.807, 2.05) is 60.7 Å². The maximum Gasteiger partial charge on any atom is 0.186 e. The fourth-order valence-electron chi connectivity index (χ4n) is 3.18. The van der Waals surface area contributed by atoms with Gasteiger partial charge in [0.2, 0.25) is 0 Å². The summed E-state index contributed by atoms with van der Waals surface area (Å²) in [5, 5.41) is 0.628. The number of hydrogen-bond acceptors (Lipinski definition) is 4. The van der Waals surface area contributed by atoms with Crippen molar-refractivity contribution in [1.82, 2.24) is 0 Å². The molecule has 2 aromatic carbocycles. The molecule has 28 heavy (non-hydrogen) atoms. The Balaban J connectivity index is 1.48. The molecule has 0 amide bonds. The van der Waals surface area contributed by atoms with Crippen LogP contribution >= 0.6 is 11.6 Å². The molecule has 1 aliphatic rings. The van der Waals surface area contributed by atoms with Crippen LogP contribution in [0.3, 0.4) is 0 Å². The molecular weight excluding hydrogens is 374 g/mol. The SMILES string of the molecule is O=C(C=Cc1ccc(-c2ccccc2Cl)o1)c1cccc(N2CCOCC2)c1. The third-order valence-electron chi connectivity index (χ3n) is 4.67. The van der Waals surface area contributed by atoms with Crippen LogP contribution in [0.4, 0.5) is 5.69 Å². The lowest BCUT2D eigenvalue weighted by atomic mass is 10.1. The number of hydrogen-bond donors (Lipinski definition) is 0. The van der Waals surface area contributed by atoms with E-state index < -0.39 is 0 Å². The van der Waals surface area contributed by atoms with Gasteiger partial charge in [0, 0.05) is 29.9 Å². The van der Waals surface area contributed by atoms with Gasteiger partial charge in [-0.1, -0.05) is 35.9 Å². The number of furan rings is 1. The monoisotopic (exact) mass is 393 g/mol. The molecule has 2 heterocycles. The van der Waals surface area contributed by atoms with Gasteiger partial charge in [0.05, 0.1) is 18.2 Å². The molecule has 0 atom stereocenters. The zero-order valence-electron chi connectivity index (χ0n) is 15.3. The summed E-state index contributed by atoms with van der Waals surface area (Å²) in [4.78, 5) is 14.8. The Morgan fingerprint density at radius 1 is 1.00 bits per heavy atom. The molecule has 1 fully saturated rings. The van der Waals surface area contributed by atoms with Gasteiger partial charge < -0.3 is 14.1 Å². The second kappa shape index (κ2) is 8.46. The van der Waals surface area contributed by atoms with Gasteiger partial charge in [-0.15, -0.1) is 0 Å². The number of carbonyl (C=O) groups excluding carboxylic acids is 1. The lowest BCUT2D eigenvalue weighted by Gasteiger charge is -2.29. The van der Waals surface area contributed by atoms with E-state index in [0.29, 0.717) is 35.3 Å². The largest absolute Gasteiger partial charge is 0.457 e. The molecule has 0 aliphatic carbocycles. The first kappa shape index (κ1) is 18.5. The predicted octanol–water partition coefficient (Wildman–Crippen LogP) is 5.33. The maximum absolute atomic E-state index is 12.6. The highest BCUT2D eigenvalue weighted by molar-refractivity contribution is 6.33. The average molecular weight is 394 g/mol. The molecule has 1 aliphatic heterocycles. The zero-order chi connectivity index (χ0) is 19.3. The molecule has 4 rings (SSSR count). The molecule has 0 N–H and O–H groups in total. The van der Waals surface area contributed by atoms with Crippen molar-refractivity contribution in [3.63, 3.8) is 0 Å². The summed E-state index contributed by atoms with van der Waals surface area (Å²) in [6.45, 7) is 3.10. The Morgan fingerprint density at radius 2 is 1.82 bits per heavy atom. The summed E-state index contributed by atoms with van der Waals surface area (Å²) in [5.74, 6) is 1.21. The quantitative estimate of drug-likeness (QED) is 0.434. The normalized spacial score (nSPS) is 14.5. The van der Waals surface area contributed by atoms with E-state index in [1.54, 1.807) is 6.08 Å². The van der Waals surface area contributed by atoms with Crippen LogP contribution in [0.1, 0.15) is 16.1 Å². The van der Waals surface area contributed by atoms with Crippen LogP contribution in [0.25, 0.3) is 17.4 Å². The lowest BCUT2D eigenvalue weighted by molar-refractivity contribution is 0.104. The van der Waals surface area contributed by atoms with E-state index in [-0.39, 0.29) is 5.78 Å². The standard InChI is InChI=1S/C23H20ClNO3/c24-21-7-2-1-6-20(21)23-11-9-19(28-23)8-10-22(26)17-4-3-5-18(16-17)25-12-14-27-15-13-25/h1-11,16H,12-15H2. The number of ketones is 1. The number of anilines is 1. The van der Waals surface area contributed by atoms with E-state index in [2.05, 4.69) is 4.90 Å². The Labute approximate surface area is 169 Å². The number of carbonyl (C=O) groups is 1. The van der Waals surface area contributed by atoms with Gasteiger partial charge in [0.25, 0.3) is 0 Å². The minimum absolute atomic E-state index is 0.0641. The summed E-state index contributed by atoms with van der Waals surface area (Å²) < 4.78 is 11.2. The number of morpholine rings is 1. The summed E-state index contributed by atoms with van der Waals surface area (Å²) in [5.41, 5.74) is 2.52. The van der Waals surface area contributed by atoms with Crippen LogP contribution in [-0.2, 0) is 4.74 Å². The van der Waals surface area contributed by atoms with Crippen LogP contribution < -0.4 is 4.90 Å². The zero-order valence-corrected chi connectivity index (χ0v) is 16.1. The molecule has 3 aromatic rings. The van der Waals surface area contributed by atoms with Crippen molar-refractivity contribution in [2.75, 3.05) is 31.2 Å². The molecule has 5 heteroatoms. The van der Waals surface area contributed by atoms with Gasteiger partial charge in [-0.3, -0.25) is 4.79 Å². The van der Waals surface area contributed by atoms with Crippen LogP contribution in [-0.4, -0.2) is 32.1 Å². The molecule has 0 spiro atoms. The molecular formula is C23H20ClNO3. The van der Waals surface area contributed by atoms with Crippen molar-refractivity contribution < 1.29 is 13.9 Å². The fourth-order valence-corrected chi connectivity index (χ4v) is 3.41. The van der Waals surface area contributed by atoms with Gasteiger partial charge in [0.1, 0.15) is 11.5 Å². The molecule has 4 nitrogen and oxygen atoms in total. The van der Waals surface area contributed by atoms with E-state index in [4.69, 9.17) is 20.8 Å². The van der Waals surface area contributed by atoms with Gasteiger partial charge in [-0.05, 0) is 48.6 Å². The maximum atomic E-state index is 12.6. The summed E-state index contributed by atoms with van der Waals surface area (Å²) in [7, 11) is 0. The molecule has 0 radical (unpaired) electrons. The second-order valence-corrected chi connectivity index (χ2v) is 6.94. The van der Waals surface area contributed by atoms with E-state index >= 15 is 0 Å². The number of nitrogens with zero attached hydrogens (tertiary/aromatic N) is 1. The smallest absolute Gasteiger partial charge is 0.186 e. The summed E-state index contributed by atoms with van der Waals surface area (Å²) >= 11 is 6.21. The van der Waals surface area contributed by atoms with Crippen LogP contribution in [0.2, 0.25) is 5.02 Å². The molecule has 0 unspecified atom stereocenters. The first-order valence-electron chi connectivity index (χ1n) is 9.20. The van der Waals surface area contributed by atoms with Crippen molar-refractivity contribution in [2.45, 2.75) is 0 Å². The number of benzene rings is 2. The summed E-state index contributed by atoms with van der Waals surface area (Å²) in [6, 6.07) is 18.9. The van der Waals surface area contributed by atoms with Crippen LogP contribution in [0, 0.1) is 0 Å². The third-order valence-corrected chi connectivity index (χ3v) is 5.00. The van der Waals surface area contributed by atoms with Crippen LogP contribution in [0.15, 0.2) is 71.2 Å². The molecule has 0 bridgehead atoms. The minimum Gasteiger partial charge on any atom is -0.457 e. The molecule has 1 aromatic heterocycles. The van der Waals surface area contributed by atoms with Gasteiger partial charge >= 0.3 is 0 Å². The Kier molecular flexibility index (Phi) is 5.60. The first-order valence-corrected chi connectivity index (χ1v) is 9.58. The lowest BCUT2D eigenvalue weighted by Crippen LogP contribution is -2.36. The highest BCUT2D eigenvalue weighted by Gasteiger charge is 2.13. The van der Waals surface area contributed by atoms with Crippen molar-refractivity contribution >= 4 is 29.1 Å². The number of allylic oxidation sites excluding steroid dienone is 1. The Morgan fingerprint density at radius 3 is 2.64 bits per heavy atom. The second-order valence-electron chi connectivity index (χ2n) is 6.53. The van der Waals surface area contributed by atoms with Crippen molar-refractivity contribution in [3.8, 4) is 11.3 Å². The number of halogens is 1. The van der Waals surface area contributed by atoms with E-state index in [0.717, 1.165) is 24.3 Å². The molecule has 0 saturated carbocycles. The highest BCUT2D eigenvalue weighted by atomic mass is 35.5. The fraction of sp³-hybridized carbons (Fsp3) is 0.174. The topological polar surface area (TPSA) is 42.7 Å².